The zero-order chi connectivity index (χ0) is 26.7. The zero-order valence-electron chi connectivity index (χ0n) is 20.0. The van der Waals surface area contributed by atoms with Crippen LogP contribution in [0.15, 0.2) is 58.4 Å². The molecule has 0 N–H and O–H groups in total. The molecule has 0 aliphatic carbocycles. The minimum Gasteiger partial charge on any atom is -0.462 e. The predicted octanol–water partition coefficient (Wildman–Crippen LogP) is 3.93. The van der Waals surface area contributed by atoms with Gasteiger partial charge in [-0.15, -0.1) is 0 Å². The maximum Gasteiger partial charge on any atom is 0.341 e. The van der Waals surface area contributed by atoms with Crippen molar-refractivity contribution in [2.45, 2.75) is 33.2 Å². The van der Waals surface area contributed by atoms with E-state index in [1.165, 1.54) is 21.1 Å². The van der Waals surface area contributed by atoms with Gasteiger partial charge in [-0.3, -0.25) is 24.1 Å². The molecule has 0 saturated carbocycles. The number of aromatic nitrogens is 3. The number of nitro groups is 1. The van der Waals surface area contributed by atoms with Crippen LogP contribution < -0.4 is 11.0 Å². The molecule has 190 valence electrons. The summed E-state index contributed by atoms with van der Waals surface area (Å²) in [5.41, 5.74) is -0.939. The normalized spacial score (nSPS) is 11.7. The number of fused-ring (bicyclic) bond motifs is 2. The monoisotopic (exact) mass is 523 g/mol. The van der Waals surface area contributed by atoms with Gasteiger partial charge in [0.2, 0.25) is 0 Å². The highest BCUT2D eigenvalue weighted by Gasteiger charge is 2.23. The standard InChI is InChI=1S/C25H22ClN5O6/c1-3-5-11-30-21-17(24(33)29-12-7-6-8-20(29)27-21)14-18(25(34)37-4-2)22(30)28-23(32)16-13-15(26)9-10-19(16)31(35)36/h6-10,12-14H,3-5,11H2,1-2H3. The van der Waals surface area contributed by atoms with Crippen LogP contribution in [0.1, 0.15) is 47.4 Å². The number of nitro benzene ring substituents is 1. The summed E-state index contributed by atoms with van der Waals surface area (Å²) in [6.07, 6.45) is 2.92. The summed E-state index contributed by atoms with van der Waals surface area (Å²) in [5.74, 6) is -1.79. The molecule has 0 spiro atoms. The van der Waals surface area contributed by atoms with Crippen LogP contribution in [0.5, 0.6) is 0 Å². The van der Waals surface area contributed by atoms with Gasteiger partial charge in [-0.2, -0.15) is 4.99 Å². The molecule has 0 fully saturated rings. The summed E-state index contributed by atoms with van der Waals surface area (Å²) < 4.78 is 8.04. The van der Waals surface area contributed by atoms with Crippen LogP contribution >= 0.6 is 11.6 Å². The molecule has 0 aliphatic rings. The van der Waals surface area contributed by atoms with Gasteiger partial charge >= 0.3 is 5.97 Å². The van der Waals surface area contributed by atoms with E-state index in [0.717, 1.165) is 18.6 Å². The Bertz CT molecular complexity index is 1690. The smallest absolute Gasteiger partial charge is 0.341 e. The highest BCUT2D eigenvalue weighted by Crippen LogP contribution is 2.23. The highest BCUT2D eigenvalue weighted by molar-refractivity contribution is 6.31. The number of aryl methyl sites for hydroxylation is 1. The van der Waals surface area contributed by atoms with Crippen LogP contribution in [0.4, 0.5) is 5.69 Å². The van der Waals surface area contributed by atoms with Gasteiger partial charge in [0.05, 0.1) is 16.9 Å². The molecule has 0 unspecified atom stereocenters. The highest BCUT2D eigenvalue weighted by atomic mass is 35.5. The van der Waals surface area contributed by atoms with Gasteiger partial charge in [0.15, 0.2) is 5.49 Å². The van der Waals surface area contributed by atoms with E-state index >= 15 is 0 Å². The molecule has 11 nitrogen and oxygen atoms in total. The largest absolute Gasteiger partial charge is 0.462 e. The van der Waals surface area contributed by atoms with Crippen molar-refractivity contribution in [2.75, 3.05) is 6.61 Å². The number of rotatable bonds is 7. The summed E-state index contributed by atoms with van der Waals surface area (Å²) >= 11 is 6.00. The molecule has 37 heavy (non-hydrogen) atoms. The van der Waals surface area contributed by atoms with E-state index < -0.39 is 28.0 Å². The van der Waals surface area contributed by atoms with Crippen molar-refractivity contribution in [2.24, 2.45) is 4.99 Å². The van der Waals surface area contributed by atoms with Crippen molar-refractivity contribution < 1.29 is 19.2 Å². The summed E-state index contributed by atoms with van der Waals surface area (Å²) in [7, 11) is 0. The topological polar surface area (TPSA) is 138 Å². The van der Waals surface area contributed by atoms with E-state index in [9.17, 15) is 24.5 Å². The summed E-state index contributed by atoms with van der Waals surface area (Å²) in [5, 5.41) is 11.8. The first-order valence-electron chi connectivity index (χ1n) is 11.5. The van der Waals surface area contributed by atoms with Crippen LogP contribution in [0.3, 0.4) is 0 Å². The second-order valence-electron chi connectivity index (χ2n) is 8.03. The second kappa shape index (κ2) is 10.7. The molecule has 0 bridgehead atoms. The lowest BCUT2D eigenvalue weighted by atomic mass is 10.1. The zero-order valence-corrected chi connectivity index (χ0v) is 20.8. The van der Waals surface area contributed by atoms with Crippen molar-refractivity contribution in [1.29, 1.82) is 0 Å². The lowest BCUT2D eigenvalue weighted by molar-refractivity contribution is -0.385. The van der Waals surface area contributed by atoms with E-state index in [1.54, 1.807) is 31.3 Å². The van der Waals surface area contributed by atoms with Crippen molar-refractivity contribution >= 4 is 45.8 Å². The maximum absolute atomic E-state index is 13.3. The molecular weight excluding hydrogens is 502 g/mol. The molecule has 4 rings (SSSR count). The predicted molar refractivity (Wildman–Crippen MR) is 136 cm³/mol. The van der Waals surface area contributed by atoms with Gasteiger partial charge in [-0.05, 0) is 43.7 Å². The van der Waals surface area contributed by atoms with E-state index in [4.69, 9.17) is 16.3 Å². The van der Waals surface area contributed by atoms with Crippen LogP contribution in [0.25, 0.3) is 16.7 Å². The molecule has 12 heteroatoms. The summed E-state index contributed by atoms with van der Waals surface area (Å²) in [6.45, 7) is 3.87. The first-order chi connectivity index (χ1) is 17.8. The fraction of sp³-hybridized carbons (Fsp3) is 0.240. The average molecular weight is 524 g/mol. The number of benzene rings is 1. The van der Waals surface area contributed by atoms with Crippen LogP contribution in [-0.4, -0.2) is 37.4 Å². The number of nitrogens with zero attached hydrogens (tertiary/aromatic N) is 5. The number of unbranched alkanes of at least 4 members (excludes halogenated alkanes) is 1. The Morgan fingerprint density at radius 3 is 2.65 bits per heavy atom. The van der Waals surface area contributed by atoms with E-state index in [1.807, 2.05) is 6.92 Å². The Morgan fingerprint density at radius 2 is 1.95 bits per heavy atom. The van der Waals surface area contributed by atoms with Crippen molar-refractivity contribution in [3.63, 3.8) is 0 Å². The molecule has 0 radical (unpaired) electrons. The Morgan fingerprint density at radius 1 is 1.16 bits per heavy atom. The summed E-state index contributed by atoms with van der Waals surface area (Å²) in [6, 6.07) is 9.90. The quantitative estimate of drug-likeness (QED) is 0.155. The van der Waals surface area contributed by atoms with Crippen molar-refractivity contribution in [1.82, 2.24) is 14.0 Å². The number of pyridine rings is 2. The summed E-state index contributed by atoms with van der Waals surface area (Å²) in [4.78, 5) is 59.2. The molecule has 3 aromatic heterocycles. The number of ether oxygens (including phenoxy) is 1. The van der Waals surface area contributed by atoms with E-state index in [0.29, 0.717) is 12.1 Å². The Balaban J connectivity index is 2.13. The fourth-order valence-corrected chi connectivity index (χ4v) is 4.05. The number of esters is 1. The van der Waals surface area contributed by atoms with Crippen LogP contribution in [0, 0.1) is 10.1 Å². The Labute approximate surface area is 214 Å². The number of amides is 1. The maximum atomic E-state index is 13.3. The van der Waals surface area contributed by atoms with Gasteiger partial charge in [0.1, 0.15) is 22.4 Å². The lowest BCUT2D eigenvalue weighted by Gasteiger charge is -2.15. The van der Waals surface area contributed by atoms with Gasteiger partial charge in [-0.25, -0.2) is 9.78 Å². The number of hydrogen-bond donors (Lipinski definition) is 0. The third kappa shape index (κ3) is 4.98. The fourth-order valence-electron chi connectivity index (χ4n) is 3.88. The minimum absolute atomic E-state index is 0.0356. The molecular formula is C25H22ClN5O6. The number of halogens is 1. The van der Waals surface area contributed by atoms with E-state index in [-0.39, 0.29) is 45.8 Å². The van der Waals surface area contributed by atoms with Crippen molar-refractivity contribution in [3.05, 3.63) is 90.8 Å². The number of hydrogen-bond acceptors (Lipinski definition) is 7. The van der Waals surface area contributed by atoms with E-state index in [2.05, 4.69) is 9.98 Å². The minimum atomic E-state index is -0.984. The Kier molecular flexibility index (Phi) is 7.44. The third-order valence-corrected chi connectivity index (χ3v) is 5.85. The number of carbonyl (C=O) groups is 2. The van der Waals surface area contributed by atoms with Gasteiger partial charge in [0, 0.05) is 23.8 Å². The molecule has 1 aromatic carbocycles. The first kappa shape index (κ1) is 25.7. The number of carbonyl (C=O) groups excluding carboxylic acids is 2. The SMILES string of the molecule is CCCCn1c(=NC(=O)c2cc(Cl)ccc2[N+](=O)[O-])c(C(=O)OCC)cc2c(=O)n3ccccc3nc21. The van der Waals surface area contributed by atoms with Gasteiger partial charge in [0.25, 0.3) is 17.2 Å². The van der Waals surface area contributed by atoms with Gasteiger partial charge in [-0.1, -0.05) is 31.0 Å². The van der Waals surface area contributed by atoms with Gasteiger partial charge < -0.3 is 9.30 Å². The molecule has 0 atom stereocenters. The molecule has 3 heterocycles. The molecule has 0 aliphatic heterocycles. The molecule has 1 amide bonds. The molecule has 0 saturated heterocycles. The third-order valence-electron chi connectivity index (χ3n) is 5.61. The van der Waals surface area contributed by atoms with Crippen LogP contribution in [0.2, 0.25) is 5.02 Å². The van der Waals surface area contributed by atoms with Crippen LogP contribution in [-0.2, 0) is 11.3 Å². The first-order valence-corrected chi connectivity index (χ1v) is 11.9. The molecule has 4 aromatic rings. The second-order valence-corrected chi connectivity index (χ2v) is 8.46. The Hall–Kier alpha value is -4.38. The lowest BCUT2D eigenvalue weighted by Crippen LogP contribution is -2.33. The van der Waals surface area contributed by atoms with Crippen molar-refractivity contribution in [3.8, 4) is 0 Å². The average Bonchev–Trinajstić information content (AvgIpc) is 2.88.